The molecule has 0 aliphatic heterocycles. The molecule has 3 heteroatoms. The first-order valence-corrected chi connectivity index (χ1v) is 7.55. The maximum atomic E-state index is 5.77. The molecule has 0 saturated heterocycles. The summed E-state index contributed by atoms with van der Waals surface area (Å²) in [6.45, 7) is 13.5. The van der Waals surface area contributed by atoms with Gasteiger partial charge in [-0.05, 0) is 0 Å². The molecular weight excluding hydrogens is 195 g/mol. The minimum atomic E-state index is -1.72. The second-order valence-corrected chi connectivity index (χ2v) is 10.1. The molecule has 0 aromatic carbocycles. The molecule has 1 nitrogen and oxygen atoms in total. The zero-order chi connectivity index (χ0) is 10.6. The molecule has 0 rings (SSSR count). The molecule has 0 unspecified atom stereocenters. The van der Waals surface area contributed by atoms with Gasteiger partial charge in [0.25, 0.3) is 0 Å². The molecular formula is C10H21OPSi. The molecule has 0 aromatic rings. The van der Waals surface area contributed by atoms with E-state index in [4.69, 9.17) is 4.43 Å². The van der Waals surface area contributed by atoms with Crippen molar-refractivity contribution in [2.75, 3.05) is 0 Å². The molecule has 0 amide bonds. The van der Waals surface area contributed by atoms with Gasteiger partial charge in [-0.15, -0.1) is 0 Å². The molecule has 0 aliphatic rings. The van der Waals surface area contributed by atoms with E-state index in [1.807, 2.05) is 0 Å². The quantitative estimate of drug-likeness (QED) is 0.496. The van der Waals surface area contributed by atoms with Crippen LogP contribution in [0.3, 0.4) is 0 Å². The van der Waals surface area contributed by atoms with Crippen molar-refractivity contribution in [1.29, 1.82) is 0 Å². The normalized spacial score (nSPS) is 12.6. The van der Waals surface area contributed by atoms with E-state index in [-0.39, 0.29) is 0 Å². The van der Waals surface area contributed by atoms with E-state index >= 15 is 0 Å². The Morgan fingerprint density at radius 3 is 1.31 bits per heavy atom. The molecule has 0 aliphatic carbocycles. The third-order valence-electron chi connectivity index (χ3n) is 2.93. The van der Waals surface area contributed by atoms with Gasteiger partial charge in [0, 0.05) is 0 Å². The van der Waals surface area contributed by atoms with E-state index in [2.05, 4.69) is 56.1 Å². The van der Waals surface area contributed by atoms with E-state index in [0.717, 1.165) is 0 Å². The summed E-state index contributed by atoms with van der Waals surface area (Å²) < 4.78 is 5.77. The Balaban J connectivity index is 4.96. The van der Waals surface area contributed by atoms with Gasteiger partial charge in [-0.3, -0.25) is 0 Å². The molecule has 0 N–H and O–H groups in total. The molecule has 76 valence electrons. The average molecular weight is 216 g/mol. The Labute approximate surface area is 85.9 Å². The second kappa shape index (κ2) is 5.31. The standard InChI is InChI=1S/C10H21OPSi/c1-8(2)13(9(3)4,10(5)6)11-7-12/h8-10H,1-6H3. The Hall–Kier alpha value is 0.387. The van der Waals surface area contributed by atoms with Crippen molar-refractivity contribution in [3.8, 4) is 5.81 Å². The first-order chi connectivity index (χ1) is 5.89. The Morgan fingerprint density at radius 1 is 0.923 bits per heavy atom. The van der Waals surface area contributed by atoms with Crippen LogP contribution in [0.15, 0.2) is 0 Å². The van der Waals surface area contributed by atoms with Crippen LogP contribution in [0.5, 0.6) is 0 Å². The molecule has 0 atom stereocenters. The van der Waals surface area contributed by atoms with Gasteiger partial charge in [-0.25, -0.2) is 0 Å². The Bertz CT molecular complexity index is 172. The van der Waals surface area contributed by atoms with E-state index in [1.54, 1.807) is 0 Å². The zero-order valence-corrected chi connectivity index (χ0v) is 11.5. The van der Waals surface area contributed by atoms with Gasteiger partial charge in [0.15, 0.2) is 0 Å². The summed E-state index contributed by atoms with van der Waals surface area (Å²) in [6.07, 6.45) is 0. The van der Waals surface area contributed by atoms with Crippen LogP contribution in [-0.4, -0.2) is 8.32 Å². The first kappa shape index (κ1) is 13.4. The van der Waals surface area contributed by atoms with E-state index < -0.39 is 8.32 Å². The van der Waals surface area contributed by atoms with Gasteiger partial charge in [-0.2, -0.15) is 0 Å². The van der Waals surface area contributed by atoms with Crippen LogP contribution < -0.4 is 0 Å². The van der Waals surface area contributed by atoms with Crippen molar-refractivity contribution in [2.45, 2.75) is 58.2 Å². The van der Waals surface area contributed by atoms with Crippen LogP contribution in [0.2, 0.25) is 16.6 Å². The average Bonchev–Trinajstić information content (AvgIpc) is 1.97. The van der Waals surface area contributed by atoms with Gasteiger partial charge < -0.3 is 0 Å². The van der Waals surface area contributed by atoms with Crippen LogP contribution in [0.1, 0.15) is 41.5 Å². The first-order valence-electron chi connectivity index (χ1n) is 4.96. The summed E-state index contributed by atoms with van der Waals surface area (Å²) in [7, 11) is 2.25. The van der Waals surface area contributed by atoms with E-state index in [9.17, 15) is 0 Å². The predicted molar refractivity (Wildman–Crippen MR) is 62.9 cm³/mol. The fourth-order valence-electron chi connectivity index (χ4n) is 2.43. The van der Waals surface area contributed by atoms with Crippen LogP contribution >= 0.6 is 8.70 Å². The molecule has 0 spiro atoms. The van der Waals surface area contributed by atoms with Gasteiger partial charge in [0.05, 0.1) is 0 Å². The van der Waals surface area contributed by atoms with Gasteiger partial charge in [0.2, 0.25) is 0 Å². The topological polar surface area (TPSA) is 9.23 Å². The minimum absolute atomic E-state index is 0.604. The van der Waals surface area contributed by atoms with Crippen molar-refractivity contribution in [2.24, 2.45) is 0 Å². The summed E-state index contributed by atoms with van der Waals surface area (Å²) >= 11 is 0. The van der Waals surface area contributed by atoms with Crippen LogP contribution in [0.25, 0.3) is 0 Å². The van der Waals surface area contributed by atoms with Crippen molar-refractivity contribution >= 4 is 17.0 Å². The summed E-state index contributed by atoms with van der Waals surface area (Å²) in [6, 6.07) is 0. The van der Waals surface area contributed by atoms with Crippen LogP contribution in [0, 0.1) is 5.81 Å². The van der Waals surface area contributed by atoms with Gasteiger partial charge in [0.1, 0.15) is 0 Å². The molecule has 13 heavy (non-hydrogen) atoms. The third-order valence-corrected chi connectivity index (χ3v) is 9.06. The van der Waals surface area contributed by atoms with Crippen molar-refractivity contribution in [3.63, 3.8) is 0 Å². The zero-order valence-electron chi connectivity index (χ0n) is 9.59. The number of hydrogen-bond acceptors (Lipinski definition) is 1. The van der Waals surface area contributed by atoms with Crippen molar-refractivity contribution in [3.05, 3.63) is 0 Å². The fraction of sp³-hybridized carbons (Fsp3) is 0.900. The van der Waals surface area contributed by atoms with Crippen molar-refractivity contribution < 1.29 is 4.43 Å². The third kappa shape index (κ3) is 2.67. The summed E-state index contributed by atoms with van der Waals surface area (Å²) in [5.41, 5.74) is 1.81. The predicted octanol–water partition coefficient (Wildman–Crippen LogP) is 4.51. The van der Waals surface area contributed by atoms with Gasteiger partial charge >= 0.3 is 85.4 Å². The molecule has 0 radical (unpaired) electrons. The summed E-state index contributed by atoms with van der Waals surface area (Å²) in [5.74, 6) is 2.61. The molecule has 0 fully saturated rings. The number of hydrogen-bond donors (Lipinski definition) is 0. The SMILES string of the molecule is CC(C)[Si](OC#P)(C(C)C)C(C)C. The summed E-state index contributed by atoms with van der Waals surface area (Å²) in [4.78, 5) is 0. The second-order valence-electron chi connectivity index (χ2n) is 4.51. The molecule has 0 saturated carbocycles. The maximum absolute atomic E-state index is 5.77. The van der Waals surface area contributed by atoms with Crippen molar-refractivity contribution in [1.82, 2.24) is 0 Å². The molecule has 0 bridgehead atoms. The molecule has 0 aromatic heterocycles. The fourth-order valence-corrected chi connectivity index (χ4v) is 7.77. The monoisotopic (exact) mass is 216 g/mol. The van der Waals surface area contributed by atoms with Crippen LogP contribution in [-0.2, 0) is 4.43 Å². The van der Waals surface area contributed by atoms with Gasteiger partial charge in [-0.1, -0.05) is 0 Å². The van der Waals surface area contributed by atoms with E-state index in [1.165, 1.54) is 0 Å². The Kier molecular flexibility index (Phi) is 5.47. The Morgan fingerprint density at radius 2 is 1.23 bits per heavy atom. The van der Waals surface area contributed by atoms with E-state index in [0.29, 0.717) is 16.6 Å². The van der Waals surface area contributed by atoms with Crippen LogP contribution in [0.4, 0.5) is 0 Å². The molecule has 0 heterocycles. The number of rotatable bonds is 4. The summed E-state index contributed by atoms with van der Waals surface area (Å²) in [5, 5.41) is 0.